The summed E-state index contributed by atoms with van der Waals surface area (Å²) in [5.74, 6) is 0. The van der Waals surface area contributed by atoms with Gasteiger partial charge in [0.2, 0.25) is 0 Å². The van der Waals surface area contributed by atoms with Gasteiger partial charge in [-0.05, 0) is 152 Å². The van der Waals surface area contributed by atoms with Crippen LogP contribution in [0.3, 0.4) is 0 Å². The average Bonchev–Trinajstić information content (AvgIpc) is 4.14. The molecule has 0 fully saturated rings. The van der Waals surface area contributed by atoms with E-state index in [9.17, 15) is 0 Å². The van der Waals surface area contributed by atoms with Gasteiger partial charge < -0.3 is 14.1 Å². The lowest BCUT2D eigenvalue weighted by Gasteiger charge is -2.22. The molecule has 0 saturated carbocycles. The molecule has 0 aliphatic heterocycles. The van der Waals surface area contributed by atoms with Crippen LogP contribution in [0, 0.1) is 0 Å². The number of fused-ring (bicyclic) bond motifs is 15. The summed E-state index contributed by atoms with van der Waals surface area (Å²) >= 11 is 0. The number of aromatic amines is 1. The van der Waals surface area contributed by atoms with E-state index in [2.05, 4.69) is 248 Å². The molecule has 326 valence electrons. The number of hydrogen-bond donors (Lipinski definition) is 1. The van der Waals surface area contributed by atoms with Crippen LogP contribution < -0.4 is 0 Å². The van der Waals surface area contributed by atoms with Crippen LogP contribution in [0.4, 0.5) is 0 Å². The number of benzene rings is 10. The van der Waals surface area contributed by atoms with Gasteiger partial charge in [-0.15, -0.1) is 0 Å². The molecule has 2 aliphatic carbocycles. The van der Waals surface area contributed by atoms with E-state index in [0.29, 0.717) is 0 Å². The van der Waals surface area contributed by atoms with E-state index < -0.39 is 0 Å². The maximum atomic E-state index is 3.74. The first-order chi connectivity index (χ1) is 33.7. The number of para-hydroxylation sites is 2. The molecule has 0 amide bonds. The van der Waals surface area contributed by atoms with Crippen LogP contribution in [0.1, 0.15) is 49.9 Å². The molecule has 0 saturated heterocycles. The van der Waals surface area contributed by atoms with Gasteiger partial charge >= 0.3 is 0 Å². The van der Waals surface area contributed by atoms with E-state index in [1.54, 1.807) is 0 Å². The Kier molecular flexibility index (Phi) is 7.63. The third kappa shape index (κ3) is 5.28. The Bertz CT molecular complexity index is 4090. The third-order valence-electron chi connectivity index (χ3n) is 16.3. The second kappa shape index (κ2) is 13.6. The Balaban J connectivity index is 0.818. The van der Waals surface area contributed by atoms with Crippen LogP contribution in [-0.4, -0.2) is 14.1 Å². The van der Waals surface area contributed by atoms with Crippen molar-refractivity contribution in [2.45, 2.75) is 38.5 Å². The predicted octanol–water partition coefficient (Wildman–Crippen LogP) is 17.5. The van der Waals surface area contributed by atoms with Crippen molar-refractivity contribution in [3.8, 4) is 55.9 Å². The Morgan fingerprint density at radius 1 is 0.290 bits per heavy atom. The SMILES string of the molecule is CC1(C)c2ccccc2-c2ccc(-n3c4ccccc4c4cc(-c5ccc6[nH]c7ccc(-c8ccc9c(c8)c8ccccc8n9-c8ccc9c(c8)C(C)(C)c8ccccc8-9)cc7c6c5)ccc43)cc21. The Morgan fingerprint density at radius 2 is 0.652 bits per heavy atom. The largest absolute Gasteiger partial charge is 0.355 e. The molecule has 0 bridgehead atoms. The summed E-state index contributed by atoms with van der Waals surface area (Å²) in [5.41, 5.74) is 25.2. The summed E-state index contributed by atoms with van der Waals surface area (Å²) < 4.78 is 4.92. The van der Waals surface area contributed by atoms with E-state index in [1.165, 1.54) is 133 Å². The number of aromatic nitrogens is 3. The summed E-state index contributed by atoms with van der Waals surface area (Å²) in [6, 6.07) is 77.5. The van der Waals surface area contributed by atoms with Crippen LogP contribution in [0.15, 0.2) is 206 Å². The zero-order valence-electron chi connectivity index (χ0n) is 39.0. The van der Waals surface area contributed by atoms with E-state index in [0.717, 1.165) is 11.0 Å². The van der Waals surface area contributed by atoms with E-state index in [-0.39, 0.29) is 10.8 Å². The molecule has 0 unspecified atom stereocenters. The van der Waals surface area contributed by atoms with Crippen molar-refractivity contribution in [1.29, 1.82) is 0 Å². The topological polar surface area (TPSA) is 25.6 Å². The molecule has 13 aromatic rings. The Hall–Kier alpha value is -8.40. The van der Waals surface area contributed by atoms with Gasteiger partial charge in [0.05, 0.1) is 22.1 Å². The van der Waals surface area contributed by atoms with Gasteiger partial charge in [-0.2, -0.15) is 0 Å². The molecule has 2 aliphatic rings. The lowest BCUT2D eigenvalue weighted by Crippen LogP contribution is -2.15. The van der Waals surface area contributed by atoms with Gasteiger partial charge in [-0.3, -0.25) is 0 Å². The van der Waals surface area contributed by atoms with Crippen LogP contribution in [0.25, 0.3) is 121 Å². The molecule has 3 nitrogen and oxygen atoms in total. The lowest BCUT2D eigenvalue weighted by molar-refractivity contribution is 0.660. The van der Waals surface area contributed by atoms with Crippen molar-refractivity contribution >= 4 is 65.4 Å². The van der Waals surface area contributed by atoms with Crippen LogP contribution in [0.2, 0.25) is 0 Å². The van der Waals surface area contributed by atoms with E-state index in [1.807, 2.05) is 0 Å². The standard InChI is InChI=1S/C66H47N3/c1-65(2)55-17-9-5-13-45(55)47-27-25-43(37-57(47)65)68-61-19-11-7-15-49(61)53-35-41(23-31-63(53)68)39-21-29-59-51(33-39)52-34-40(22-30-60(52)67-59)42-24-32-64-54(36-42)50-16-8-12-20-62(50)69(64)44-26-28-48-46-14-6-10-18-56(46)66(3,4)58(48)38-44/h5-38,67H,1-4H3. The molecule has 3 heterocycles. The van der Waals surface area contributed by atoms with Gasteiger partial charge in [0, 0.05) is 65.6 Å². The molecule has 10 aromatic carbocycles. The minimum Gasteiger partial charge on any atom is -0.355 e. The minimum absolute atomic E-state index is 0.0688. The van der Waals surface area contributed by atoms with Gasteiger partial charge in [-0.1, -0.05) is 149 Å². The highest BCUT2D eigenvalue weighted by atomic mass is 15.0. The quantitative estimate of drug-likeness (QED) is 0.182. The number of hydrogen-bond acceptors (Lipinski definition) is 0. The highest BCUT2D eigenvalue weighted by Crippen LogP contribution is 2.51. The highest BCUT2D eigenvalue weighted by Gasteiger charge is 2.37. The van der Waals surface area contributed by atoms with E-state index in [4.69, 9.17) is 0 Å². The maximum Gasteiger partial charge on any atom is 0.0541 e. The van der Waals surface area contributed by atoms with Crippen molar-refractivity contribution in [3.05, 3.63) is 229 Å². The normalized spacial score (nSPS) is 14.3. The first-order valence-electron chi connectivity index (χ1n) is 24.3. The molecule has 3 aromatic heterocycles. The summed E-state index contributed by atoms with van der Waals surface area (Å²) in [6.07, 6.45) is 0. The molecule has 3 heteroatoms. The van der Waals surface area contributed by atoms with E-state index >= 15 is 0 Å². The van der Waals surface area contributed by atoms with Crippen LogP contribution in [0.5, 0.6) is 0 Å². The fourth-order valence-corrected chi connectivity index (χ4v) is 12.8. The number of nitrogens with zero attached hydrogens (tertiary/aromatic N) is 2. The smallest absolute Gasteiger partial charge is 0.0541 e. The highest BCUT2D eigenvalue weighted by molar-refractivity contribution is 6.14. The second-order valence-electron chi connectivity index (χ2n) is 20.6. The Labute approximate surface area is 400 Å². The fourth-order valence-electron chi connectivity index (χ4n) is 12.8. The molecule has 0 atom stereocenters. The number of nitrogens with one attached hydrogen (secondary N) is 1. The average molecular weight is 882 g/mol. The van der Waals surface area contributed by atoms with Crippen LogP contribution >= 0.6 is 0 Å². The maximum absolute atomic E-state index is 3.74. The molecule has 0 radical (unpaired) electrons. The van der Waals surface area contributed by atoms with Crippen LogP contribution in [-0.2, 0) is 10.8 Å². The zero-order valence-corrected chi connectivity index (χ0v) is 39.0. The molecule has 69 heavy (non-hydrogen) atoms. The van der Waals surface area contributed by atoms with Gasteiger partial charge in [-0.25, -0.2) is 0 Å². The summed E-state index contributed by atoms with van der Waals surface area (Å²) in [7, 11) is 0. The predicted molar refractivity (Wildman–Crippen MR) is 290 cm³/mol. The third-order valence-corrected chi connectivity index (χ3v) is 16.3. The molecule has 15 rings (SSSR count). The fraction of sp³-hybridized carbons (Fsp3) is 0.0909. The van der Waals surface area contributed by atoms with Crippen molar-refractivity contribution in [1.82, 2.24) is 14.1 Å². The van der Waals surface area contributed by atoms with Crippen molar-refractivity contribution in [2.24, 2.45) is 0 Å². The van der Waals surface area contributed by atoms with Crippen molar-refractivity contribution in [3.63, 3.8) is 0 Å². The monoisotopic (exact) mass is 881 g/mol. The molecule has 1 N–H and O–H groups in total. The lowest BCUT2D eigenvalue weighted by atomic mass is 9.82. The number of rotatable bonds is 4. The zero-order chi connectivity index (χ0) is 45.9. The molecular weight excluding hydrogens is 835 g/mol. The summed E-state index contributed by atoms with van der Waals surface area (Å²) in [6.45, 7) is 9.44. The van der Waals surface area contributed by atoms with Gasteiger partial charge in [0.1, 0.15) is 0 Å². The molecular formula is C66H47N3. The van der Waals surface area contributed by atoms with Crippen molar-refractivity contribution < 1.29 is 0 Å². The summed E-state index contributed by atoms with van der Waals surface area (Å²) in [4.78, 5) is 3.74. The Morgan fingerprint density at radius 3 is 1.12 bits per heavy atom. The second-order valence-corrected chi connectivity index (χ2v) is 20.6. The molecule has 0 spiro atoms. The van der Waals surface area contributed by atoms with Crippen molar-refractivity contribution in [2.75, 3.05) is 0 Å². The minimum atomic E-state index is -0.0688. The summed E-state index contributed by atoms with van der Waals surface area (Å²) in [5, 5.41) is 7.50. The van der Waals surface area contributed by atoms with Gasteiger partial charge in [0.15, 0.2) is 0 Å². The first-order valence-corrected chi connectivity index (χ1v) is 24.3. The number of H-pyrrole nitrogens is 1. The first kappa shape index (κ1) is 38.7. The van der Waals surface area contributed by atoms with Gasteiger partial charge in [0.25, 0.3) is 0 Å².